The second-order valence-electron chi connectivity index (χ2n) is 5.72. The summed E-state index contributed by atoms with van der Waals surface area (Å²) in [4.78, 5) is 0. The third-order valence-electron chi connectivity index (χ3n) is 4.06. The monoisotopic (exact) mass is 297 g/mol. The van der Waals surface area contributed by atoms with Crippen LogP contribution in [0.15, 0.2) is 41.1 Å². The Morgan fingerprint density at radius 3 is 2.95 bits per heavy atom. The number of thiophene rings is 1. The lowest BCUT2D eigenvalue weighted by molar-refractivity contribution is 0.605. The Hall–Kier alpha value is -1.65. The van der Waals surface area contributed by atoms with E-state index in [1.54, 1.807) is 11.3 Å². The summed E-state index contributed by atoms with van der Waals surface area (Å²) in [6.07, 6.45) is 3.68. The van der Waals surface area contributed by atoms with Crippen LogP contribution in [0, 0.1) is 0 Å². The fourth-order valence-electron chi connectivity index (χ4n) is 2.70. The van der Waals surface area contributed by atoms with E-state index in [1.807, 2.05) is 0 Å². The van der Waals surface area contributed by atoms with Crippen molar-refractivity contribution in [1.82, 2.24) is 15.1 Å². The minimum atomic E-state index is 0.722. The van der Waals surface area contributed by atoms with Crippen LogP contribution < -0.4 is 5.32 Å². The molecule has 3 nitrogen and oxygen atoms in total. The quantitative estimate of drug-likeness (QED) is 0.753. The fourth-order valence-corrected chi connectivity index (χ4v) is 3.40. The predicted molar refractivity (Wildman–Crippen MR) is 87.6 cm³/mol. The van der Waals surface area contributed by atoms with Gasteiger partial charge in [0, 0.05) is 24.5 Å². The molecule has 0 aliphatic heterocycles. The molecular weight excluding hydrogens is 278 g/mol. The van der Waals surface area contributed by atoms with Gasteiger partial charge in [0.05, 0.1) is 11.2 Å². The van der Waals surface area contributed by atoms with Crippen molar-refractivity contribution < 1.29 is 0 Å². The highest BCUT2D eigenvalue weighted by Gasteiger charge is 2.21. The molecule has 1 aromatic carbocycles. The summed E-state index contributed by atoms with van der Waals surface area (Å²) >= 11 is 1.76. The Morgan fingerprint density at radius 1 is 1.24 bits per heavy atom. The molecule has 0 amide bonds. The van der Waals surface area contributed by atoms with Gasteiger partial charge < -0.3 is 5.32 Å². The van der Waals surface area contributed by atoms with Crippen molar-refractivity contribution in [2.24, 2.45) is 0 Å². The van der Waals surface area contributed by atoms with Crippen LogP contribution in [0.3, 0.4) is 0 Å². The number of rotatable bonds is 6. The van der Waals surface area contributed by atoms with Crippen LogP contribution in [0.1, 0.15) is 24.1 Å². The van der Waals surface area contributed by atoms with Crippen LogP contribution in [-0.4, -0.2) is 15.8 Å². The number of fused-ring (bicyclic) bond motifs is 1. The molecule has 1 N–H and O–H groups in total. The van der Waals surface area contributed by atoms with Crippen molar-refractivity contribution >= 4 is 22.2 Å². The molecule has 1 aliphatic rings. The zero-order chi connectivity index (χ0) is 14.1. The molecule has 2 heterocycles. The first kappa shape index (κ1) is 13.0. The zero-order valence-electron chi connectivity index (χ0n) is 12.0. The summed E-state index contributed by atoms with van der Waals surface area (Å²) < 4.78 is 2.16. The molecule has 4 rings (SSSR count). The van der Waals surface area contributed by atoms with Gasteiger partial charge in [-0.1, -0.05) is 18.2 Å². The average molecular weight is 297 g/mol. The van der Waals surface area contributed by atoms with Gasteiger partial charge >= 0.3 is 0 Å². The smallest absolute Gasteiger partial charge is 0.0841 e. The van der Waals surface area contributed by atoms with Gasteiger partial charge in [0.2, 0.25) is 0 Å². The lowest BCUT2D eigenvalue weighted by atomic mass is 10.2. The van der Waals surface area contributed by atoms with E-state index < -0.39 is 0 Å². The van der Waals surface area contributed by atoms with Crippen molar-refractivity contribution in [2.75, 3.05) is 0 Å². The van der Waals surface area contributed by atoms with Crippen molar-refractivity contribution in [3.05, 3.63) is 52.3 Å². The Balaban J connectivity index is 1.58. The van der Waals surface area contributed by atoms with E-state index in [0.717, 1.165) is 25.6 Å². The van der Waals surface area contributed by atoms with E-state index >= 15 is 0 Å². The van der Waals surface area contributed by atoms with Crippen molar-refractivity contribution in [3.8, 4) is 0 Å². The van der Waals surface area contributed by atoms with Gasteiger partial charge in [0.15, 0.2) is 0 Å². The molecule has 2 aromatic heterocycles. The van der Waals surface area contributed by atoms with E-state index in [2.05, 4.69) is 51.1 Å². The molecule has 0 atom stereocenters. The van der Waals surface area contributed by atoms with Gasteiger partial charge in [-0.2, -0.15) is 16.4 Å². The van der Waals surface area contributed by atoms with Crippen molar-refractivity contribution in [3.63, 3.8) is 0 Å². The maximum atomic E-state index is 4.85. The summed E-state index contributed by atoms with van der Waals surface area (Å²) in [6.45, 7) is 1.83. The molecule has 0 radical (unpaired) electrons. The molecular formula is C17H19N3S. The van der Waals surface area contributed by atoms with E-state index in [0.29, 0.717) is 0 Å². The van der Waals surface area contributed by atoms with Gasteiger partial charge in [0.1, 0.15) is 0 Å². The summed E-state index contributed by atoms with van der Waals surface area (Å²) in [7, 11) is 0. The number of benzene rings is 1. The molecule has 3 aromatic rings. The van der Waals surface area contributed by atoms with E-state index in [-0.39, 0.29) is 0 Å². The van der Waals surface area contributed by atoms with Crippen molar-refractivity contribution in [1.29, 1.82) is 0 Å². The fraction of sp³-hybridized carbons (Fsp3) is 0.353. The number of aryl methyl sites for hydroxylation is 2. The lowest BCUT2D eigenvalue weighted by Gasteiger charge is -2.02. The van der Waals surface area contributed by atoms with Crippen LogP contribution in [-0.2, 0) is 19.5 Å². The highest BCUT2D eigenvalue weighted by Crippen LogP contribution is 2.22. The lowest BCUT2D eigenvalue weighted by Crippen LogP contribution is -2.16. The molecule has 1 fully saturated rings. The first-order chi connectivity index (χ1) is 10.4. The van der Waals surface area contributed by atoms with Gasteiger partial charge in [-0.3, -0.25) is 4.68 Å². The molecule has 0 bridgehead atoms. The van der Waals surface area contributed by atoms with Crippen molar-refractivity contribution in [2.45, 2.75) is 38.4 Å². The third kappa shape index (κ3) is 2.87. The number of para-hydroxylation sites is 1. The van der Waals surface area contributed by atoms with Crippen LogP contribution in [0.4, 0.5) is 0 Å². The zero-order valence-corrected chi connectivity index (χ0v) is 12.8. The standard InChI is InChI=1S/C17H19N3S/c1-2-4-17-15(3-1)16(11-18-14-5-6-14)19-20(17)9-7-13-8-10-21-12-13/h1-4,8,10,12,14,18H,5-7,9,11H2. The Labute approximate surface area is 128 Å². The normalized spacial score (nSPS) is 14.9. The Morgan fingerprint density at radius 2 is 2.14 bits per heavy atom. The maximum absolute atomic E-state index is 4.85. The molecule has 1 aliphatic carbocycles. The number of nitrogens with zero attached hydrogens (tertiary/aromatic N) is 2. The minimum Gasteiger partial charge on any atom is -0.308 e. The number of nitrogens with one attached hydrogen (secondary N) is 1. The van der Waals surface area contributed by atoms with Gasteiger partial charge in [-0.15, -0.1) is 0 Å². The average Bonchev–Trinajstić information content (AvgIpc) is 3.08. The molecule has 0 saturated heterocycles. The van der Waals surface area contributed by atoms with Crippen LogP contribution in [0.5, 0.6) is 0 Å². The molecule has 21 heavy (non-hydrogen) atoms. The predicted octanol–water partition coefficient (Wildman–Crippen LogP) is 3.59. The molecule has 0 unspecified atom stereocenters. The largest absolute Gasteiger partial charge is 0.308 e. The van der Waals surface area contributed by atoms with E-state index in [1.165, 1.54) is 35.0 Å². The van der Waals surface area contributed by atoms with Gasteiger partial charge in [-0.05, 0) is 47.7 Å². The highest BCUT2D eigenvalue weighted by atomic mass is 32.1. The maximum Gasteiger partial charge on any atom is 0.0841 e. The van der Waals surface area contributed by atoms with Gasteiger partial charge in [-0.25, -0.2) is 0 Å². The molecule has 4 heteroatoms. The summed E-state index contributed by atoms with van der Waals surface area (Å²) in [5.41, 5.74) is 3.83. The second kappa shape index (κ2) is 5.62. The topological polar surface area (TPSA) is 29.9 Å². The van der Waals surface area contributed by atoms with Crippen LogP contribution in [0.2, 0.25) is 0 Å². The number of hydrogen-bond donors (Lipinski definition) is 1. The first-order valence-corrected chi connectivity index (χ1v) is 8.53. The molecule has 1 saturated carbocycles. The molecule has 0 spiro atoms. The first-order valence-electron chi connectivity index (χ1n) is 7.59. The number of aromatic nitrogens is 2. The summed E-state index contributed by atoms with van der Waals surface area (Å²) in [5, 5.41) is 14.1. The van der Waals surface area contributed by atoms with Crippen LogP contribution >= 0.6 is 11.3 Å². The molecule has 108 valence electrons. The third-order valence-corrected chi connectivity index (χ3v) is 4.79. The second-order valence-corrected chi connectivity index (χ2v) is 6.50. The van der Waals surface area contributed by atoms with Crippen LogP contribution in [0.25, 0.3) is 10.9 Å². The Kier molecular flexibility index (Phi) is 3.49. The van der Waals surface area contributed by atoms with E-state index in [4.69, 9.17) is 5.10 Å². The summed E-state index contributed by atoms with van der Waals surface area (Å²) in [5.74, 6) is 0. The number of hydrogen-bond acceptors (Lipinski definition) is 3. The SMILES string of the molecule is c1ccc2c(c1)c(CNC1CC1)nn2CCc1ccsc1. The van der Waals surface area contributed by atoms with Gasteiger partial charge in [0.25, 0.3) is 0 Å². The highest BCUT2D eigenvalue weighted by molar-refractivity contribution is 7.07. The summed E-state index contributed by atoms with van der Waals surface area (Å²) in [6, 6.07) is 11.5. The Bertz CT molecular complexity index is 726. The minimum absolute atomic E-state index is 0.722. The van der Waals surface area contributed by atoms with E-state index in [9.17, 15) is 0 Å².